The van der Waals surface area contributed by atoms with Crippen molar-refractivity contribution in [2.24, 2.45) is 11.5 Å². The molecule has 0 aliphatic carbocycles. The molecule has 0 atom stereocenters. The van der Waals surface area contributed by atoms with Gasteiger partial charge in [-0.1, -0.05) is 38.8 Å². The van der Waals surface area contributed by atoms with Crippen LogP contribution < -0.4 is 11.5 Å². The van der Waals surface area contributed by atoms with Crippen LogP contribution >= 0.6 is 35.8 Å². The Morgan fingerprint density at radius 2 is 1.27 bits per heavy atom. The molecular weight excluding hydrogens is 390 g/mol. The van der Waals surface area contributed by atoms with Crippen molar-refractivity contribution in [1.29, 1.82) is 0 Å². The average Bonchev–Trinajstić information content (AvgIpc) is 2.98. The molecule has 0 saturated heterocycles. The van der Waals surface area contributed by atoms with E-state index in [0.717, 1.165) is 25.7 Å². The first-order valence-corrected chi connectivity index (χ1v) is 8.62. The summed E-state index contributed by atoms with van der Waals surface area (Å²) in [5.41, 5.74) is 10.1. The van der Waals surface area contributed by atoms with Crippen LogP contribution in [0.25, 0.3) is 0 Å². The van der Waals surface area contributed by atoms with E-state index in [1.807, 2.05) is 22.9 Å². The molecule has 0 aliphatic heterocycles. The summed E-state index contributed by atoms with van der Waals surface area (Å²) in [7, 11) is 0. The Morgan fingerprint density at radius 1 is 0.909 bits per heavy atom. The first kappa shape index (κ1) is 26.6. The number of hydrogen-bond acceptors (Lipinski definition) is 5. The average molecular weight is 416 g/mol. The molecule has 4 N–H and O–H groups in total. The van der Waals surface area contributed by atoms with E-state index >= 15 is 0 Å². The van der Waals surface area contributed by atoms with Crippen LogP contribution in [0.2, 0.25) is 0 Å². The quantitative estimate of drug-likeness (QED) is 0.418. The smallest absolute Gasteiger partial charge is 0.253 e. The van der Waals surface area contributed by atoms with Gasteiger partial charge in [0.25, 0.3) is 10.3 Å². The van der Waals surface area contributed by atoms with E-state index in [9.17, 15) is 0 Å². The Morgan fingerprint density at radius 3 is 1.45 bits per heavy atom. The molecule has 4 nitrogen and oxygen atoms in total. The minimum absolute atomic E-state index is 0. The van der Waals surface area contributed by atoms with E-state index in [1.54, 1.807) is 11.3 Å². The molecule has 1 aromatic rings. The Labute approximate surface area is 161 Å². The summed E-state index contributed by atoms with van der Waals surface area (Å²) < 4.78 is 9.58. The second-order valence-corrected chi connectivity index (χ2v) is 5.46. The van der Waals surface area contributed by atoms with E-state index in [2.05, 4.69) is 38.3 Å². The van der Waals surface area contributed by atoms with Crippen molar-refractivity contribution in [3.63, 3.8) is 0 Å². The predicted molar refractivity (Wildman–Crippen MR) is 99.6 cm³/mol. The Balaban J connectivity index is -0.000000246. The van der Waals surface area contributed by atoms with Crippen molar-refractivity contribution in [2.45, 2.75) is 39.5 Å². The Kier molecular flexibility index (Phi) is 27.8. The number of nitrogens with two attached hydrogens (primary N) is 2. The van der Waals surface area contributed by atoms with E-state index in [1.165, 1.54) is 0 Å². The molecule has 8 heteroatoms. The zero-order valence-electron chi connectivity index (χ0n) is 13.5. The summed E-state index contributed by atoms with van der Waals surface area (Å²) in [5, 5.41) is 4.39. The Bertz CT molecular complexity index is 302. The molecule has 0 fully saturated rings. The molecule has 0 amide bonds. The van der Waals surface area contributed by atoms with Crippen LogP contribution in [-0.4, -0.2) is 23.6 Å². The van der Waals surface area contributed by atoms with Gasteiger partial charge in [-0.3, -0.25) is 0 Å². The number of unbranched alkanes of at least 4 members (excludes halogenated alkanes) is 2. The van der Waals surface area contributed by atoms with Crippen molar-refractivity contribution in [3.05, 3.63) is 22.9 Å². The van der Waals surface area contributed by atoms with E-state index in [4.69, 9.17) is 20.9 Å². The van der Waals surface area contributed by atoms with Crippen molar-refractivity contribution < 1.29 is 29.0 Å². The monoisotopic (exact) mass is 414 g/mol. The summed E-state index contributed by atoms with van der Waals surface area (Å²) in [4.78, 5) is 0. The minimum atomic E-state index is 0. The number of hydrogen-bond donors (Lipinski definition) is 2. The van der Waals surface area contributed by atoms with Gasteiger partial charge >= 0.3 is 0 Å². The van der Waals surface area contributed by atoms with Gasteiger partial charge in [0.1, 0.15) is 0 Å². The van der Waals surface area contributed by atoms with Crippen LogP contribution in [0.1, 0.15) is 39.5 Å². The zero-order chi connectivity index (χ0) is 16.3. The molecule has 22 heavy (non-hydrogen) atoms. The van der Waals surface area contributed by atoms with Crippen LogP contribution in [0.5, 0.6) is 0 Å². The molecule has 0 radical (unpaired) electrons. The summed E-state index contributed by atoms with van der Waals surface area (Å²) in [6, 6.07) is 4.04. The van der Waals surface area contributed by atoms with Gasteiger partial charge in [-0.2, -0.15) is 11.3 Å². The van der Waals surface area contributed by atoms with Gasteiger partial charge in [0.15, 0.2) is 0 Å². The number of thiophene rings is 1. The fraction of sp³-hybridized carbons (Fsp3) is 0.571. The fourth-order valence-corrected chi connectivity index (χ4v) is 1.48. The first-order valence-electron chi connectivity index (χ1n) is 6.86. The van der Waals surface area contributed by atoms with Crippen LogP contribution in [-0.2, 0) is 29.0 Å². The molecule has 0 bridgehead atoms. The van der Waals surface area contributed by atoms with E-state index in [0.29, 0.717) is 13.2 Å². The summed E-state index contributed by atoms with van der Waals surface area (Å²) >= 11 is 10.6. The van der Waals surface area contributed by atoms with Gasteiger partial charge in [0.2, 0.25) is 0 Å². The molecular formula is C14H26N2O2S3Zn. The van der Waals surface area contributed by atoms with Crippen molar-refractivity contribution >= 4 is 46.1 Å². The van der Waals surface area contributed by atoms with Crippen molar-refractivity contribution in [3.8, 4) is 0 Å². The number of ether oxygens (including phenoxy) is 2. The molecule has 0 saturated carbocycles. The van der Waals surface area contributed by atoms with Crippen LogP contribution in [0.15, 0.2) is 22.9 Å². The first-order chi connectivity index (χ1) is 10.0. The molecule has 0 aliphatic rings. The van der Waals surface area contributed by atoms with Gasteiger partial charge in [0.05, 0.1) is 13.2 Å². The van der Waals surface area contributed by atoms with Gasteiger partial charge in [0, 0.05) is 19.5 Å². The third-order valence-electron chi connectivity index (χ3n) is 1.91. The summed E-state index contributed by atoms with van der Waals surface area (Å²) in [5.74, 6) is 0. The number of rotatable bonds is 6. The maximum absolute atomic E-state index is 5.04. The third-order valence-corrected chi connectivity index (χ3v) is 2.77. The third kappa shape index (κ3) is 31.9. The van der Waals surface area contributed by atoms with Crippen LogP contribution in [0.3, 0.4) is 0 Å². The van der Waals surface area contributed by atoms with E-state index < -0.39 is 0 Å². The molecule has 1 heterocycles. The zero-order valence-corrected chi connectivity index (χ0v) is 18.9. The van der Waals surface area contributed by atoms with Crippen molar-refractivity contribution in [2.75, 3.05) is 13.2 Å². The second kappa shape index (κ2) is 23.0. The number of thiocarbonyl (C=S) groups is 2. The second-order valence-electron chi connectivity index (χ2n) is 3.84. The largest absolute Gasteiger partial charge is 0.471 e. The molecule has 0 spiro atoms. The van der Waals surface area contributed by atoms with Crippen LogP contribution in [0.4, 0.5) is 0 Å². The molecule has 0 aromatic carbocycles. The van der Waals surface area contributed by atoms with Gasteiger partial charge < -0.3 is 20.9 Å². The fourth-order valence-electron chi connectivity index (χ4n) is 0.861. The molecule has 0 unspecified atom stereocenters. The topological polar surface area (TPSA) is 70.5 Å². The normalized spacial score (nSPS) is 8.09. The van der Waals surface area contributed by atoms with Gasteiger partial charge in [-0.25, -0.2) is 0 Å². The van der Waals surface area contributed by atoms with Crippen LogP contribution in [0, 0.1) is 0 Å². The minimum Gasteiger partial charge on any atom is -0.471 e. The summed E-state index contributed by atoms with van der Waals surface area (Å²) in [6.07, 6.45) is 4.28. The maximum Gasteiger partial charge on any atom is 0.253 e. The molecule has 1 rings (SSSR count). The molecule has 124 valence electrons. The van der Waals surface area contributed by atoms with Gasteiger partial charge in [-0.05, 0) is 48.0 Å². The maximum atomic E-state index is 5.04. The predicted octanol–water partition coefficient (Wildman–Crippen LogP) is 3.84. The standard InChI is InChI=1S/2C5H11NOS.C4H4S.Zn/c2*1-2-3-4-7-5(6)8;1-2-4-5-3-1;/h2*2-4H2,1H3,(H2,6,8);1-4H;. The van der Waals surface area contributed by atoms with Crippen molar-refractivity contribution in [1.82, 2.24) is 0 Å². The van der Waals surface area contributed by atoms with Gasteiger partial charge in [-0.15, -0.1) is 0 Å². The Hall–Kier alpha value is -0.297. The summed E-state index contributed by atoms with van der Waals surface area (Å²) in [6.45, 7) is 5.49. The SMILES string of the molecule is CCCCOC(N)=S.CCCCOC(N)=S.[Zn].c1ccsc1. The molecule has 1 aromatic heterocycles. The van der Waals surface area contributed by atoms with E-state index in [-0.39, 0.29) is 29.8 Å².